The Morgan fingerprint density at radius 3 is 2.80 bits per heavy atom. The number of unbranched alkanes of at least 4 members (excludes halogenated alkanes) is 1. The minimum atomic E-state index is 0.0744. The monoisotopic (exact) mass is 218 g/mol. The Morgan fingerprint density at radius 1 is 1.40 bits per heavy atom. The van der Waals surface area contributed by atoms with Gasteiger partial charge >= 0.3 is 0 Å². The Labute approximate surface area is 91.5 Å². The molecule has 1 aliphatic rings. The van der Waals surface area contributed by atoms with Gasteiger partial charge in [-0.05, 0) is 6.42 Å². The summed E-state index contributed by atoms with van der Waals surface area (Å²) in [7, 11) is 0. The highest BCUT2D eigenvalue weighted by atomic mass is 16.6. The summed E-state index contributed by atoms with van der Waals surface area (Å²) in [5.41, 5.74) is 0. The number of hydrogen-bond donors (Lipinski definition) is 1. The zero-order chi connectivity index (χ0) is 10.9. The van der Waals surface area contributed by atoms with Crippen molar-refractivity contribution >= 4 is 0 Å². The Morgan fingerprint density at radius 2 is 2.20 bits per heavy atom. The maximum atomic E-state index is 8.50. The lowest BCUT2D eigenvalue weighted by atomic mass is 10.1. The molecule has 0 bridgehead atoms. The summed E-state index contributed by atoms with van der Waals surface area (Å²) in [6.45, 7) is 4.62. The van der Waals surface area contributed by atoms with Gasteiger partial charge < -0.3 is 19.3 Å². The molecular weight excluding hydrogens is 196 g/mol. The van der Waals surface area contributed by atoms with Gasteiger partial charge in [0, 0.05) is 0 Å². The molecule has 0 amide bonds. The summed E-state index contributed by atoms with van der Waals surface area (Å²) in [5, 5.41) is 8.50. The van der Waals surface area contributed by atoms with E-state index in [1.165, 1.54) is 12.8 Å². The highest BCUT2D eigenvalue weighted by molar-refractivity contribution is 4.79. The average Bonchev–Trinajstić information content (AvgIpc) is 3.06. The van der Waals surface area contributed by atoms with Crippen molar-refractivity contribution in [3.05, 3.63) is 0 Å². The molecule has 0 aromatic heterocycles. The van der Waals surface area contributed by atoms with Crippen molar-refractivity contribution in [3.8, 4) is 0 Å². The largest absolute Gasteiger partial charge is 0.394 e. The van der Waals surface area contributed by atoms with Crippen molar-refractivity contribution in [1.29, 1.82) is 0 Å². The number of hydrogen-bond acceptors (Lipinski definition) is 4. The lowest BCUT2D eigenvalue weighted by Gasteiger charge is -2.15. The van der Waals surface area contributed by atoms with Gasteiger partial charge in [0.25, 0.3) is 0 Å². The molecule has 0 radical (unpaired) electrons. The van der Waals surface area contributed by atoms with Crippen molar-refractivity contribution in [2.75, 3.05) is 33.0 Å². The third-order valence-electron chi connectivity index (χ3n) is 2.41. The lowest BCUT2D eigenvalue weighted by molar-refractivity contribution is -0.0162. The van der Waals surface area contributed by atoms with E-state index in [0.717, 1.165) is 13.0 Å². The van der Waals surface area contributed by atoms with Crippen molar-refractivity contribution in [1.82, 2.24) is 0 Å². The van der Waals surface area contributed by atoms with Gasteiger partial charge in [0.1, 0.15) is 6.10 Å². The van der Waals surface area contributed by atoms with Crippen molar-refractivity contribution in [2.24, 2.45) is 0 Å². The summed E-state index contributed by atoms with van der Waals surface area (Å²) in [4.78, 5) is 0. The van der Waals surface area contributed by atoms with E-state index in [-0.39, 0.29) is 12.7 Å². The van der Waals surface area contributed by atoms with E-state index in [2.05, 4.69) is 6.92 Å². The fourth-order valence-corrected chi connectivity index (χ4v) is 1.48. The second kappa shape index (κ2) is 8.05. The highest BCUT2D eigenvalue weighted by Crippen LogP contribution is 2.21. The zero-order valence-corrected chi connectivity index (χ0v) is 9.48. The molecule has 2 unspecified atom stereocenters. The van der Waals surface area contributed by atoms with Gasteiger partial charge in [-0.2, -0.15) is 0 Å². The minimum Gasteiger partial charge on any atom is -0.394 e. The summed E-state index contributed by atoms with van der Waals surface area (Å²) < 4.78 is 16.0. The molecule has 2 atom stereocenters. The highest BCUT2D eigenvalue weighted by Gasteiger charge is 2.32. The standard InChI is InChI=1S/C11H22O4/c1-2-3-4-10(11-9-15-11)14-8-7-13-6-5-12/h10-12H,2-9H2,1H3. The summed E-state index contributed by atoms with van der Waals surface area (Å²) in [6.07, 6.45) is 3.99. The van der Waals surface area contributed by atoms with Crippen LogP contribution >= 0.6 is 0 Å². The number of aliphatic hydroxyl groups is 1. The van der Waals surface area contributed by atoms with Gasteiger partial charge in [0.15, 0.2) is 0 Å². The molecule has 15 heavy (non-hydrogen) atoms. The van der Waals surface area contributed by atoms with Crippen LogP contribution in [-0.4, -0.2) is 50.3 Å². The third kappa shape index (κ3) is 6.10. The van der Waals surface area contributed by atoms with E-state index >= 15 is 0 Å². The van der Waals surface area contributed by atoms with Gasteiger partial charge in [-0.3, -0.25) is 0 Å². The first kappa shape index (κ1) is 12.9. The molecule has 4 heteroatoms. The van der Waals surface area contributed by atoms with E-state index < -0.39 is 0 Å². The molecule has 1 N–H and O–H groups in total. The first-order chi connectivity index (χ1) is 7.38. The molecular formula is C11H22O4. The molecule has 0 aromatic carbocycles. The molecule has 1 fully saturated rings. The molecule has 90 valence electrons. The molecule has 0 aliphatic carbocycles. The zero-order valence-electron chi connectivity index (χ0n) is 9.48. The van der Waals surface area contributed by atoms with E-state index in [1.807, 2.05) is 0 Å². The molecule has 1 saturated heterocycles. The van der Waals surface area contributed by atoms with E-state index in [9.17, 15) is 0 Å². The van der Waals surface area contributed by atoms with Crippen LogP contribution in [0.15, 0.2) is 0 Å². The summed E-state index contributed by atoms with van der Waals surface area (Å²) in [5.74, 6) is 0. The van der Waals surface area contributed by atoms with E-state index in [1.54, 1.807) is 0 Å². The molecule has 0 saturated carbocycles. The van der Waals surface area contributed by atoms with Crippen LogP contribution in [0, 0.1) is 0 Å². The maximum absolute atomic E-state index is 8.50. The topological polar surface area (TPSA) is 51.2 Å². The fourth-order valence-electron chi connectivity index (χ4n) is 1.48. The Balaban J connectivity index is 1.98. The molecule has 1 aliphatic heterocycles. The van der Waals surface area contributed by atoms with Crippen molar-refractivity contribution in [2.45, 2.75) is 38.4 Å². The Kier molecular flexibility index (Phi) is 6.92. The quantitative estimate of drug-likeness (QED) is 0.438. The Hall–Kier alpha value is -0.160. The molecule has 1 rings (SSSR count). The van der Waals surface area contributed by atoms with Gasteiger partial charge in [-0.1, -0.05) is 19.8 Å². The molecule has 0 spiro atoms. The number of ether oxygens (including phenoxy) is 3. The van der Waals surface area contributed by atoms with E-state index in [4.69, 9.17) is 19.3 Å². The van der Waals surface area contributed by atoms with Gasteiger partial charge in [-0.25, -0.2) is 0 Å². The first-order valence-electron chi connectivity index (χ1n) is 5.80. The lowest BCUT2D eigenvalue weighted by Crippen LogP contribution is -2.22. The minimum absolute atomic E-state index is 0.0744. The predicted molar refractivity (Wildman–Crippen MR) is 56.9 cm³/mol. The van der Waals surface area contributed by atoms with E-state index in [0.29, 0.717) is 25.9 Å². The third-order valence-corrected chi connectivity index (χ3v) is 2.41. The number of rotatable bonds is 10. The normalized spacial score (nSPS) is 21.6. The molecule has 0 aromatic rings. The van der Waals surface area contributed by atoms with Gasteiger partial charge in [0.2, 0.25) is 0 Å². The van der Waals surface area contributed by atoms with Crippen LogP contribution in [0.1, 0.15) is 26.2 Å². The number of aliphatic hydroxyl groups excluding tert-OH is 1. The van der Waals surface area contributed by atoms with Crippen LogP contribution in [0.5, 0.6) is 0 Å². The molecule has 1 heterocycles. The van der Waals surface area contributed by atoms with Crippen LogP contribution in [0.4, 0.5) is 0 Å². The SMILES string of the molecule is CCCCC(OCCOCCO)C1CO1. The van der Waals surface area contributed by atoms with Crippen LogP contribution in [-0.2, 0) is 14.2 Å². The van der Waals surface area contributed by atoms with Crippen LogP contribution in [0.2, 0.25) is 0 Å². The second-order valence-electron chi connectivity index (χ2n) is 3.76. The maximum Gasteiger partial charge on any atom is 0.107 e. The van der Waals surface area contributed by atoms with Crippen LogP contribution < -0.4 is 0 Å². The van der Waals surface area contributed by atoms with Crippen LogP contribution in [0.25, 0.3) is 0 Å². The Bertz CT molecular complexity index is 148. The van der Waals surface area contributed by atoms with Crippen LogP contribution in [0.3, 0.4) is 0 Å². The van der Waals surface area contributed by atoms with Crippen molar-refractivity contribution < 1.29 is 19.3 Å². The summed E-state index contributed by atoms with van der Waals surface area (Å²) in [6, 6.07) is 0. The average molecular weight is 218 g/mol. The van der Waals surface area contributed by atoms with Gasteiger partial charge in [0.05, 0.1) is 39.1 Å². The smallest absolute Gasteiger partial charge is 0.107 e. The van der Waals surface area contributed by atoms with Crippen molar-refractivity contribution in [3.63, 3.8) is 0 Å². The predicted octanol–water partition coefficient (Wildman–Crippen LogP) is 0.969. The summed E-state index contributed by atoms with van der Waals surface area (Å²) >= 11 is 0. The molecule has 4 nitrogen and oxygen atoms in total. The first-order valence-corrected chi connectivity index (χ1v) is 5.80. The second-order valence-corrected chi connectivity index (χ2v) is 3.76. The number of epoxide rings is 1. The fraction of sp³-hybridized carbons (Fsp3) is 1.00. The van der Waals surface area contributed by atoms with Gasteiger partial charge in [-0.15, -0.1) is 0 Å².